The van der Waals surface area contributed by atoms with Gasteiger partial charge in [-0.3, -0.25) is 19.2 Å². The maximum atomic E-state index is 13.8. The molecule has 1 aliphatic rings. The lowest BCUT2D eigenvalue weighted by molar-refractivity contribution is -0.129. The van der Waals surface area contributed by atoms with E-state index in [0.29, 0.717) is 56.1 Å². The Morgan fingerprint density at radius 2 is 1.80 bits per heavy atom. The second-order valence-corrected chi connectivity index (χ2v) is 12.7. The van der Waals surface area contributed by atoms with Crippen LogP contribution in [0.2, 0.25) is 0 Å². The van der Waals surface area contributed by atoms with Gasteiger partial charge in [0.15, 0.2) is 5.82 Å². The zero-order valence-corrected chi connectivity index (χ0v) is 27.2. The summed E-state index contributed by atoms with van der Waals surface area (Å²) in [6.07, 6.45) is 1.35. The van der Waals surface area contributed by atoms with Crippen molar-refractivity contribution in [2.75, 3.05) is 19.6 Å². The van der Waals surface area contributed by atoms with Crippen LogP contribution < -0.4 is 16.0 Å². The second-order valence-electron chi connectivity index (χ2n) is 11.8. The maximum Gasteiger partial charge on any atom is 0.253 e. The van der Waals surface area contributed by atoms with Gasteiger partial charge in [-0.05, 0) is 49.4 Å². The van der Waals surface area contributed by atoms with Gasteiger partial charge in [0, 0.05) is 38.0 Å². The molecular formula is C33H40N8O4S. The fourth-order valence-electron chi connectivity index (χ4n) is 5.54. The third-order valence-corrected chi connectivity index (χ3v) is 8.71. The van der Waals surface area contributed by atoms with Crippen LogP contribution in [0.4, 0.5) is 0 Å². The lowest BCUT2D eigenvalue weighted by Crippen LogP contribution is -2.50. The molecule has 2 atom stereocenters. The first-order valence-electron chi connectivity index (χ1n) is 15.6. The SMILES string of the molecule is Cc1nc2n(n1)CC(=O)NCCCN(C(=O)c1ccc3scnc3c1)CCCC(=O)N[C@H](Cc1ccccc1)C(=O)N[C@H]2C(C)C. The Bertz CT molecular complexity index is 1690. The number of hydrogen-bond acceptors (Lipinski definition) is 8. The highest BCUT2D eigenvalue weighted by Gasteiger charge is 2.30. The fraction of sp³-hybridized carbons (Fsp3) is 0.424. The summed E-state index contributed by atoms with van der Waals surface area (Å²) >= 11 is 1.51. The molecule has 0 fully saturated rings. The van der Waals surface area contributed by atoms with Gasteiger partial charge in [0.05, 0.1) is 21.8 Å². The zero-order chi connectivity index (χ0) is 32.6. The highest BCUT2D eigenvalue weighted by Crippen LogP contribution is 2.22. The summed E-state index contributed by atoms with van der Waals surface area (Å²) in [6, 6.07) is 13.6. The quantitative estimate of drug-likeness (QED) is 0.309. The van der Waals surface area contributed by atoms with Crippen molar-refractivity contribution in [3.05, 3.63) is 76.8 Å². The number of nitrogens with one attached hydrogen (secondary N) is 3. The van der Waals surface area contributed by atoms with Crippen LogP contribution in [0.1, 0.15) is 66.7 Å². The van der Waals surface area contributed by atoms with Crippen molar-refractivity contribution in [2.45, 2.75) is 65.1 Å². The Morgan fingerprint density at radius 1 is 1.02 bits per heavy atom. The predicted octanol–water partition coefficient (Wildman–Crippen LogP) is 3.18. The van der Waals surface area contributed by atoms with Crippen LogP contribution in [-0.4, -0.2) is 74.0 Å². The van der Waals surface area contributed by atoms with E-state index >= 15 is 0 Å². The molecule has 0 saturated carbocycles. The van der Waals surface area contributed by atoms with Gasteiger partial charge < -0.3 is 20.9 Å². The molecule has 4 aromatic rings. The lowest BCUT2D eigenvalue weighted by Gasteiger charge is -2.26. The minimum absolute atomic E-state index is 0.0737. The summed E-state index contributed by atoms with van der Waals surface area (Å²) in [5.41, 5.74) is 3.92. The standard InChI is InChI=1S/C33H40N8O4S/c1-21(2)30-31-36-22(3)39-41(31)19-29(43)34-14-8-16-40(33(45)24-12-13-27-25(18-24)35-20-46-27)15-7-11-28(42)37-26(32(44)38-30)17-23-9-5-4-6-10-23/h4-6,9-10,12-13,18,20-21,26,30H,7-8,11,14-17,19H2,1-3H3,(H,34,43)(H,37,42)(H,38,44)/t26-,30+/m1/s1. The van der Waals surface area contributed by atoms with E-state index in [1.54, 1.807) is 29.5 Å². The van der Waals surface area contributed by atoms with Crippen molar-refractivity contribution < 1.29 is 19.2 Å². The molecule has 1 aliphatic heterocycles. The van der Waals surface area contributed by atoms with Crippen molar-refractivity contribution in [3.63, 3.8) is 0 Å². The molecule has 3 heterocycles. The molecule has 4 amide bonds. The van der Waals surface area contributed by atoms with Crippen LogP contribution in [0.15, 0.2) is 54.0 Å². The monoisotopic (exact) mass is 644 g/mol. The number of aryl methyl sites for hydroxylation is 1. The third-order valence-electron chi connectivity index (χ3n) is 7.90. The molecule has 2 aromatic carbocycles. The molecule has 2 aromatic heterocycles. The summed E-state index contributed by atoms with van der Waals surface area (Å²) in [7, 11) is 0. The van der Waals surface area contributed by atoms with Crippen LogP contribution in [0.3, 0.4) is 0 Å². The molecule has 0 spiro atoms. The van der Waals surface area contributed by atoms with Gasteiger partial charge in [-0.1, -0.05) is 44.2 Å². The van der Waals surface area contributed by atoms with E-state index < -0.39 is 12.1 Å². The predicted molar refractivity (Wildman–Crippen MR) is 175 cm³/mol. The summed E-state index contributed by atoms with van der Waals surface area (Å²) in [5.74, 6) is -0.179. The lowest BCUT2D eigenvalue weighted by atomic mass is 10.0. The van der Waals surface area contributed by atoms with Crippen molar-refractivity contribution in [1.82, 2.24) is 40.6 Å². The summed E-state index contributed by atoms with van der Waals surface area (Å²) in [5, 5.41) is 13.4. The number of hydrogen-bond donors (Lipinski definition) is 3. The highest BCUT2D eigenvalue weighted by atomic mass is 32.1. The van der Waals surface area contributed by atoms with Crippen molar-refractivity contribution in [3.8, 4) is 0 Å². The summed E-state index contributed by atoms with van der Waals surface area (Å²) in [4.78, 5) is 64.3. The molecular weight excluding hydrogens is 604 g/mol. The Labute approximate surface area is 272 Å². The molecule has 0 unspecified atom stereocenters. The van der Waals surface area contributed by atoms with Gasteiger partial charge >= 0.3 is 0 Å². The van der Waals surface area contributed by atoms with Crippen molar-refractivity contribution in [1.29, 1.82) is 0 Å². The zero-order valence-electron chi connectivity index (χ0n) is 26.4. The van der Waals surface area contributed by atoms with E-state index in [1.165, 1.54) is 16.0 Å². The first-order chi connectivity index (χ1) is 22.2. The number of carbonyl (C=O) groups excluding carboxylic acids is 4. The number of fused-ring (bicyclic) bond motifs is 2. The topological polar surface area (TPSA) is 151 Å². The second kappa shape index (κ2) is 15.1. The molecule has 3 N–H and O–H groups in total. The summed E-state index contributed by atoms with van der Waals surface area (Å²) in [6.45, 7) is 6.65. The number of carbonyl (C=O) groups is 4. The van der Waals surface area contributed by atoms with E-state index in [9.17, 15) is 19.2 Å². The molecule has 0 aliphatic carbocycles. The first kappa shape index (κ1) is 32.7. The number of thiazole rings is 1. The van der Waals surface area contributed by atoms with Crippen LogP contribution >= 0.6 is 11.3 Å². The molecule has 0 radical (unpaired) electrons. The Balaban J connectivity index is 1.40. The molecule has 13 heteroatoms. The van der Waals surface area contributed by atoms with Gasteiger partial charge in [0.1, 0.15) is 18.4 Å². The molecule has 0 bridgehead atoms. The minimum Gasteiger partial charge on any atom is -0.354 e. The smallest absolute Gasteiger partial charge is 0.253 e. The van der Waals surface area contributed by atoms with Gasteiger partial charge in [0.2, 0.25) is 17.7 Å². The van der Waals surface area contributed by atoms with Gasteiger partial charge in [-0.15, -0.1) is 11.3 Å². The molecule has 5 rings (SSSR count). The largest absolute Gasteiger partial charge is 0.354 e. The van der Waals surface area contributed by atoms with Gasteiger partial charge in [0.25, 0.3) is 5.91 Å². The van der Waals surface area contributed by atoms with Crippen molar-refractivity contribution in [2.24, 2.45) is 5.92 Å². The Hall–Kier alpha value is -4.65. The van der Waals surface area contributed by atoms with E-state index in [0.717, 1.165) is 15.8 Å². The van der Waals surface area contributed by atoms with E-state index in [4.69, 9.17) is 0 Å². The van der Waals surface area contributed by atoms with Gasteiger partial charge in [-0.25, -0.2) is 14.6 Å². The van der Waals surface area contributed by atoms with Crippen LogP contribution in [0.25, 0.3) is 10.2 Å². The van der Waals surface area contributed by atoms with E-state index in [-0.39, 0.29) is 42.5 Å². The van der Waals surface area contributed by atoms with Gasteiger partial charge in [-0.2, -0.15) is 5.10 Å². The fourth-order valence-corrected chi connectivity index (χ4v) is 6.19. The third kappa shape index (κ3) is 8.33. The van der Waals surface area contributed by atoms with Crippen LogP contribution in [0, 0.1) is 12.8 Å². The normalized spacial score (nSPS) is 19.1. The molecule has 0 saturated heterocycles. The summed E-state index contributed by atoms with van der Waals surface area (Å²) < 4.78 is 2.52. The average molecular weight is 645 g/mol. The Morgan fingerprint density at radius 3 is 2.59 bits per heavy atom. The number of benzene rings is 2. The maximum absolute atomic E-state index is 13.8. The van der Waals surface area contributed by atoms with Crippen molar-refractivity contribution >= 4 is 45.2 Å². The average Bonchev–Trinajstić information content (AvgIpc) is 3.65. The minimum atomic E-state index is -0.849. The first-order valence-corrected chi connectivity index (χ1v) is 16.5. The number of aromatic nitrogens is 4. The highest BCUT2D eigenvalue weighted by molar-refractivity contribution is 7.16. The van der Waals surface area contributed by atoms with E-state index in [1.807, 2.05) is 50.2 Å². The molecule has 12 nitrogen and oxygen atoms in total. The molecule has 242 valence electrons. The van der Waals surface area contributed by atoms with Crippen LogP contribution in [0.5, 0.6) is 0 Å². The van der Waals surface area contributed by atoms with E-state index in [2.05, 4.69) is 31.0 Å². The van der Waals surface area contributed by atoms with Crippen LogP contribution in [-0.2, 0) is 27.3 Å². The molecule has 46 heavy (non-hydrogen) atoms. The number of rotatable bonds is 4. The number of amides is 4. The Kier molecular flexibility index (Phi) is 10.7. The number of nitrogens with zero attached hydrogens (tertiary/aromatic N) is 5.